The first kappa shape index (κ1) is 14.5. The summed E-state index contributed by atoms with van der Waals surface area (Å²) in [4.78, 5) is 23.2. The van der Waals surface area contributed by atoms with Gasteiger partial charge in [-0.15, -0.1) is 0 Å². The van der Waals surface area contributed by atoms with E-state index in [1.807, 2.05) is 6.92 Å². The molecule has 0 amide bonds. The number of halogens is 1. The third kappa shape index (κ3) is 2.82. The number of aryl methyl sites for hydroxylation is 1. The number of methoxy groups -OCH3 is 2. The Morgan fingerprint density at radius 2 is 1.89 bits per heavy atom. The molecular weight excluding hydrogens is 256 g/mol. The van der Waals surface area contributed by atoms with Crippen molar-refractivity contribution < 1.29 is 19.1 Å². The second-order valence-electron chi connectivity index (χ2n) is 3.89. The fourth-order valence-electron chi connectivity index (χ4n) is 1.72. The second kappa shape index (κ2) is 5.87. The molecule has 0 atom stereocenters. The highest BCUT2D eigenvalue weighted by Gasteiger charge is 2.21. The number of ketones is 1. The van der Waals surface area contributed by atoms with E-state index in [1.54, 1.807) is 13.0 Å². The smallest absolute Gasteiger partial charge is 0.313 e. The largest absolute Gasteiger partial charge is 0.496 e. The van der Waals surface area contributed by atoms with Crippen molar-refractivity contribution in [2.24, 2.45) is 0 Å². The number of rotatable bonds is 4. The van der Waals surface area contributed by atoms with Crippen LogP contribution in [0.15, 0.2) is 6.07 Å². The summed E-state index contributed by atoms with van der Waals surface area (Å²) in [6.45, 7) is 3.55. The molecule has 1 aromatic carbocycles. The maximum atomic E-state index is 12.0. The monoisotopic (exact) mass is 270 g/mol. The highest BCUT2D eigenvalue weighted by Crippen LogP contribution is 2.32. The minimum absolute atomic E-state index is 0.326. The molecule has 0 aliphatic rings. The molecule has 0 N–H and O–H groups in total. The maximum Gasteiger partial charge on any atom is 0.313 e. The van der Waals surface area contributed by atoms with Crippen LogP contribution in [-0.4, -0.2) is 26.0 Å². The predicted octanol–water partition coefficient (Wildman–Crippen LogP) is 2.71. The van der Waals surface area contributed by atoms with Gasteiger partial charge in [-0.1, -0.05) is 11.6 Å². The molecule has 0 fully saturated rings. The molecule has 0 aromatic heterocycles. The Labute approximate surface area is 111 Å². The zero-order valence-electron chi connectivity index (χ0n) is 10.8. The summed E-state index contributed by atoms with van der Waals surface area (Å²) >= 11 is 6.10. The summed E-state index contributed by atoms with van der Waals surface area (Å²) in [5.74, 6) is -0.528. The first-order chi connectivity index (χ1) is 8.42. The Hall–Kier alpha value is -1.55. The van der Waals surface area contributed by atoms with Crippen LogP contribution < -0.4 is 4.74 Å². The fraction of sp³-hybridized carbons (Fsp3) is 0.385. The summed E-state index contributed by atoms with van der Waals surface area (Å²) in [6, 6.07) is 1.68. The molecule has 1 rings (SSSR count). The van der Waals surface area contributed by atoms with E-state index in [0.717, 1.165) is 5.56 Å². The van der Waals surface area contributed by atoms with Crippen molar-refractivity contribution >= 4 is 23.4 Å². The second-order valence-corrected chi connectivity index (χ2v) is 4.26. The van der Waals surface area contributed by atoms with Crippen LogP contribution in [0.3, 0.4) is 0 Å². The van der Waals surface area contributed by atoms with Gasteiger partial charge in [-0.2, -0.15) is 0 Å². The molecule has 98 valence electrons. The van der Waals surface area contributed by atoms with E-state index in [2.05, 4.69) is 4.74 Å². The molecule has 0 unspecified atom stereocenters. The van der Waals surface area contributed by atoms with Crippen molar-refractivity contribution in [2.75, 3.05) is 14.2 Å². The summed E-state index contributed by atoms with van der Waals surface area (Å²) in [7, 11) is 2.71. The van der Waals surface area contributed by atoms with Gasteiger partial charge in [0.25, 0.3) is 0 Å². The van der Waals surface area contributed by atoms with E-state index in [1.165, 1.54) is 14.2 Å². The summed E-state index contributed by atoms with van der Waals surface area (Å²) in [5, 5.41) is 0.504. The van der Waals surface area contributed by atoms with Crippen LogP contribution in [0, 0.1) is 13.8 Å². The number of benzene rings is 1. The average molecular weight is 271 g/mol. The molecular formula is C13H15ClO4. The van der Waals surface area contributed by atoms with E-state index in [9.17, 15) is 9.59 Å². The minimum Gasteiger partial charge on any atom is -0.496 e. The Balaban J connectivity index is 3.26. The van der Waals surface area contributed by atoms with Crippen molar-refractivity contribution in [2.45, 2.75) is 20.3 Å². The van der Waals surface area contributed by atoms with Crippen LogP contribution in [0.4, 0.5) is 0 Å². The Bertz CT molecular complexity index is 494. The number of carbonyl (C=O) groups excluding carboxylic acids is 2. The van der Waals surface area contributed by atoms with Gasteiger partial charge in [-0.3, -0.25) is 9.59 Å². The van der Waals surface area contributed by atoms with Crippen LogP contribution in [0.1, 0.15) is 27.9 Å². The zero-order chi connectivity index (χ0) is 13.9. The van der Waals surface area contributed by atoms with Crippen LogP contribution in [0.25, 0.3) is 0 Å². The Kier molecular flexibility index (Phi) is 4.73. The molecule has 0 saturated carbocycles. The summed E-state index contributed by atoms with van der Waals surface area (Å²) < 4.78 is 9.64. The van der Waals surface area contributed by atoms with Gasteiger partial charge >= 0.3 is 5.97 Å². The lowest BCUT2D eigenvalue weighted by Gasteiger charge is -2.13. The lowest BCUT2D eigenvalue weighted by molar-refractivity contribution is -0.139. The average Bonchev–Trinajstić information content (AvgIpc) is 2.34. The molecule has 0 saturated heterocycles. The van der Waals surface area contributed by atoms with Crippen LogP contribution in [-0.2, 0) is 9.53 Å². The van der Waals surface area contributed by atoms with Crippen molar-refractivity contribution in [1.29, 1.82) is 0 Å². The SMILES string of the molecule is COC(=O)CC(=O)c1c(OC)cc(C)c(Cl)c1C. The molecule has 1 aromatic rings. The van der Waals surface area contributed by atoms with Crippen LogP contribution in [0.2, 0.25) is 5.02 Å². The van der Waals surface area contributed by atoms with Gasteiger partial charge in [-0.05, 0) is 31.0 Å². The molecule has 0 aliphatic carbocycles. The molecule has 0 radical (unpaired) electrons. The molecule has 5 heteroatoms. The number of carbonyl (C=O) groups is 2. The van der Waals surface area contributed by atoms with Crippen molar-refractivity contribution in [1.82, 2.24) is 0 Å². The quantitative estimate of drug-likeness (QED) is 0.480. The van der Waals surface area contributed by atoms with Gasteiger partial charge < -0.3 is 9.47 Å². The van der Waals surface area contributed by atoms with Gasteiger partial charge in [0.2, 0.25) is 0 Å². The van der Waals surface area contributed by atoms with E-state index in [0.29, 0.717) is 21.9 Å². The standard InChI is InChI=1S/C13H15ClO4/c1-7-5-10(17-3)12(8(2)13(7)14)9(15)6-11(16)18-4/h5H,6H2,1-4H3. The topological polar surface area (TPSA) is 52.6 Å². The van der Waals surface area contributed by atoms with Crippen LogP contribution >= 0.6 is 11.6 Å². The van der Waals surface area contributed by atoms with Gasteiger partial charge in [0.15, 0.2) is 5.78 Å². The van der Waals surface area contributed by atoms with Crippen LogP contribution in [0.5, 0.6) is 5.75 Å². The lowest BCUT2D eigenvalue weighted by Crippen LogP contribution is -2.12. The number of ether oxygens (including phenoxy) is 2. The maximum absolute atomic E-state index is 12.0. The molecule has 0 heterocycles. The van der Waals surface area contributed by atoms with Crippen molar-refractivity contribution in [3.8, 4) is 5.75 Å². The first-order valence-corrected chi connectivity index (χ1v) is 5.73. The van der Waals surface area contributed by atoms with E-state index >= 15 is 0 Å². The zero-order valence-corrected chi connectivity index (χ0v) is 11.6. The summed E-state index contributed by atoms with van der Waals surface area (Å²) in [6.07, 6.45) is -0.326. The lowest BCUT2D eigenvalue weighted by atomic mass is 9.99. The van der Waals surface area contributed by atoms with E-state index in [-0.39, 0.29) is 12.2 Å². The first-order valence-electron chi connectivity index (χ1n) is 5.36. The van der Waals surface area contributed by atoms with E-state index < -0.39 is 5.97 Å². The molecule has 0 bridgehead atoms. The normalized spacial score (nSPS) is 10.1. The molecule has 18 heavy (non-hydrogen) atoms. The Morgan fingerprint density at radius 1 is 1.28 bits per heavy atom. The number of hydrogen-bond acceptors (Lipinski definition) is 4. The molecule has 0 aliphatic heterocycles. The summed E-state index contributed by atoms with van der Waals surface area (Å²) in [5.41, 5.74) is 1.77. The van der Waals surface area contributed by atoms with Gasteiger partial charge in [0, 0.05) is 5.02 Å². The number of esters is 1. The fourth-order valence-corrected chi connectivity index (χ4v) is 1.87. The number of Topliss-reactive ketones (excluding diaryl/α,β-unsaturated/α-hetero) is 1. The molecule has 0 spiro atoms. The Morgan fingerprint density at radius 3 is 2.39 bits per heavy atom. The van der Waals surface area contributed by atoms with Crippen molar-refractivity contribution in [3.63, 3.8) is 0 Å². The molecule has 4 nitrogen and oxygen atoms in total. The van der Waals surface area contributed by atoms with Gasteiger partial charge in [-0.25, -0.2) is 0 Å². The third-order valence-corrected chi connectivity index (χ3v) is 3.26. The number of hydrogen-bond donors (Lipinski definition) is 0. The van der Waals surface area contributed by atoms with Gasteiger partial charge in [0.1, 0.15) is 12.2 Å². The highest BCUT2D eigenvalue weighted by molar-refractivity contribution is 6.33. The predicted molar refractivity (Wildman–Crippen MR) is 68.4 cm³/mol. The third-order valence-electron chi connectivity index (χ3n) is 2.68. The van der Waals surface area contributed by atoms with Crippen molar-refractivity contribution in [3.05, 3.63) is 27.8 Å². The highest BCUT2D eigenvalue weighted by atomic mass is 35.5. The van der Waals surface area contributed by atoms with E-state index in [4.69, 9.17) is 16.3 Å². The minimum atomic E-state index is -0.585. The van der Waals surface area contributed by atoms with Gasteiger partial charge in [0.05, 0.1) is 19.8 Å².